The predicted molar refractivity (Wildman–Crippen MR) is 137 cm³/mol. The molecule has 3 aliphatic carbocycles. The fraction of sp³-hybridized carbons (Fsp3) is 0.357. The highest BCUT2D eigenvalue weighted by atomic mass is 19.1. The van der Waals surface area contributed by atoms with Crippen molar-refractivity contribution in [1.82, 2.24) is 39.2 Å². The molecule has 9 rings (SSSR count). The number of pyridine rings is 2. The largest absolute Gasteiger partial charge is 0.372 e. The normalized spacial score (nSPS) is 23.4. The molecule has 192 valence electrons. The number of imidazole rings is 1. The fourth-order valence-corrected chi connectivity index (χ4v) is 6.39. The quantitative estimate of drug-likeness (QED) is 0.341. The number of ether oxygens (including phenoxy) is 1. The van der Waals surface area contributed by atoms with Crippen LogP contribution in [0.1, 0.15) is 41.6 Å². The van der Waals surface area contributed by atoms with Gasteiger partial charge < -0.3 is 19.0 Å². The second-order valence-electron chi connectivity index (χ2n) is 11.3. The Labute approximate surface area is 218 Å². The standard InChI is InChI=1S/C28H27FN8O/c29-28-15-27(16-28,17-28)18-31-4-19-1-2-26-32-23(10-36(26)7-19)11-37-12-25(33-34-37)20-3-24(6-30-5-20)35-8-21-13-38-14-22(21)9-35/h1-3,5-10,12,31H,4,11,13-18H2. The van der Waals surface area contributed by atoms with E-state index in [0.717, 1.165) is 60.6 Å². The zero-order chi connectivity index (χ0) is 25.3. The first-order valence-electron chi connectivity index (χ1n) is 13.0. The molecule has 4 aliphatic rings. The van der Waals surface area contributed by atoms with Crippen molar-refractivity contribution in [2.24, 2.45) is 5.41 Å². The summed E-state index contributed by atoms with van der Waals surface area (Å²) >= 11 is 0. The molecule has 1 N–H and O–H groups in total. The molecule has 1 aliphatic heterocycles. The van der Waals surface area contributed by atoms with Crippen molar-refractivity contribution in [2.75, 3.05) is 6.54 Å². The maximum atomic E-state index is 13.7. The van der Waals surface area contributed by atoms with Gasteiger partial charge >= 0.3 is 0 Å². The van der Waals surface area contributed by atoms with Crippen LogP contribution in [0.5, 0.6) is 0 Å². The molecule has 0 amide bonds. The average molecular weight is 511 g/mol. The van der Waals surface area contributed by atoms with Crippen LogP contribution in [-0.4, -0.2) is 46.1 Å². The molecule has 6 heterocycles. The van der Waals surface area contributed by atoms with Gasteiger partial charge in [-0.2, -0.15) is 0 Å². The first-order valence-corrected chi connectivity index (χ1v) is 13.0. The number of aromatic nitrogens is 7. The van der Waals surface area contributed by atoms with E-state index in [0.29, 0.717) is 19.8 Å². The van der Waals surface area contributed by atoms with Gasteiger partial charge in [0.2, 0.25) is 0 Å². The zero-order valence-electron chi connectivity index (χ0n) is 20.8. The Morgan fingerprint density at radius 3 is 2.66 bits per heavy atom. The summed E-state index contributed by atoms with van der Waals surface area (Å²) in [5.74, 6) is 0. The topological polar surface area (TPSA) is 87.1 Å². The van der Waals surface area contributed by atoms with Gasteiger partial charge in [0.05, 0.1) is 43.5 Å². The lowest BCUT2D eigenvalue weighted by atomic mass is 9.42. The lowest BCUT2D eigenvalue weighted by molar-refractivity contribution is -0.209. The van der Waals surface area contributed by atoms with Crippen LogP contribution in [0.2, 0.25) is 0 Å². The summed E-state index contributed by atoms with van der Waals surface area (Å²) in [6, 6.07) is 6.20. The van der Waals surface area contributed by atoms with Crippen LogP contribution in [0.25, 0.3) is 22.6 Å². The highest BCUT2D eigenvalue weighted by Gasteiger charge is 2.68. The van der Waals surface area contributed by atoms with Gasteiger partial charge in [-0.3, -0.25) is 4.98 Å². The number of rotatable bonds is 8. The van der Waals surface area contributed by atoms with Crippen molar-refractivity contribution in [3.8, 4) is 16.9 Å². The van der Waals surface area contributed by atoms with Crippen LogP contribution >= 0.6 is 0 Å². The lowest BCUT2D eigenvalue weighted by Gasteiger charge is -2.66. The number of alkyl halides is 1. The van der Waals surface area contributed by atoms with E-state index in [4.69, 9.17) is 9.72 Å². The maximum Gasteiger partial charge on any atom is 0.137 e. The van der Waals surface area contributed by atoms with Crippen LogP contribution in [0.4, 0.5) is 4.39 Å². The Hall–Kier alpha value is -3.89. The van der Waals surface area contributed by atoms with Gasteiger partial charge in [-0.05, 0) is 42.4 Å². The summed E-state index contributed by atoms with van der Waals surface area (Å²) in [7, 11) is 0. The molecule has 0 radical (unpaired) electrons. The van der Waals surface area contributed by atoms with E-state index in [9.17, 15) is 4.39 Å². The molecule has 3 fully saturated rings. The summed E-state index contributed by atoms with van der Waals surface area (Å²) in [6.45, 7) is 3.50. The van der Waals surface area contributed by atoms with Gasteiger partial charge in [-0.1, -0.05) is 11.3 Å². The van der Waals surface area contributed by atoms with Gasteiger partial charge in [0.25, 0.3) is 0 Å². The summed E-state index contributed by atoms with van der Waals surface area (Å²) in [4.78, 5) is 9.18. The Morgan fingerprint density at radius 2 is 1.84 bits per heavy atom. The van der Waals surface area contributed by atoms with Crippen LogP contribution in [-0.2, 0) is 31.0 Å². The third kappa shape index (κ3) is 3.74. The fourth-order valence-electron chi connectivity index (χ4n) is 6.39. The van der Waals surface area contributed by atoms with E-state index in [1.807, 2.05) is 30.9 Å². The second-order valence-corrected chi connectivity index (χ2v) is 11.3. The van der Waals surface area contributed by atoms with E-state index in [1.165, 1.54) is 16.7 Å². The second kappa shape index (κ2) is 8.05. The maximum absolute atomic E-state index is 13.7. The van der Waals surface area contributed by atoms with Gasteiger partial charge in [-0.25, -0.2) is 14.1 Å². The Balaban J connectivity index is 0.945. The highest BCUT2D eigenvalue weighted by Crippen LogP contribution is 2.69. The molecular formula is C28H27FN8O. The predicted octanol–water partition coefficient (Wildman–Crippen LogP) is 3.84. The molecule has 0 saturated heterocycles. The molecule has 5 aromatic rings. The molecule has 5 aromatic heterocycles. The number of nitrogens with zero attached hydrogens (tertiary/aromatic N) is 7. The van der Waals surface area contributed by atoms with E-state index in [-0.39, 0.29) is 5.41 Å². The van der Waals surface area contributed by atoms with Crippen molar-refractivity contribution in [3.63, 3.8) is 0 Å². The Bertz CT molecular complexity index is 1640. The molecule has 3 saturated carbocycles. The Kier molecular flexibility index (Phi) is 4.69. The van der Waals surface area contributed by atoms with Crippen LogP contribution in [0, 0.1) is 5.41 Å². The minimum atomic E-state index is -0.835. The zero-order valence-corrected chi connectivity index (χ0v) is 20.8. The third-order valence-electron chi connectivity index (χ3n) is 8.16. The lowest BCUT2D eigenvalue weighted by Crippen LogP contribution is -2.67. The molecule has 9 nitrogen and oxygen atoms in total. The molecule has 0 unspecified atom stereocenters. The molecular weight excluding hydrogens is 483 g/mol. The summed E-state index contributed by atoms with van der Waals surface area (Å²) in [5.41, 5.74) is 7.45. The summed E-state index contributed by atoms with van der Waals surface area (Å²) in [5, 5.41) is 12.2. The molecule has 0 aromatic carbocycles. The minimum Gasteiger partial charge on any atom is -0.372 e. The molecule has 0 atom stereocenters. The minimum absolute atomic E-state index is 0.215. The van der Waals surface area contributed by atoms with Crippen molar-refractivity contribution in [1.29, 1.82) is 0 Å². The first-order chi connectivity index (χ1) is 18.5. The number of nitrogens with one attached hydrogen (secondary N) is 1. The SMILES string of the molecule is FC12CC(CNCc3ccc4nc(Cn5cc(-c6cncc(-n7cc8c(c7)COC8)c6)nn5)cn4c3)(C1)C2. The van der Waals surface area contributed by atoms with Crippen LogP contribution < -0.4 is 5.32 Å². The van der Waals surface area contributed by atoms with Gasteiger partial charge in [-0.15, -0.1) is 5.10 Å². The smallest absolute Gasteiger partial charge is 0.137 e. The van der Waals surface area contributed by atoms with Crippen molar-refractivity contribution in [2.45, 2.75) is 51.2 Å². The number of fused-ring (bicyclic) bond motifs is 2. The number of hydrogen-bond donors (Lipinski definition) is 1. The van der Waals surface area contributed by atoms with E-state index in [2.05, 4.69) is 60.3 Å². The van der Waals surface area contributed by atoms with Crippen molar-refractivity contribution < 1.29 is 9.13 Å². The van der Waals surface area contributed by atoms with E-state index >= 15 is 0 Å². The van der Waals surface area contributed by atoms with Crippen LogP contribution in [0.15, 0.2) is 61.6 Å². The molecule has 10 heteroatoms. The number of halogens is 1. The Morgan fingerprint density at radius 1 is 1.00 bits per heavy atom. The number of hydrogen-bond acceptors (Lipinski definition) is 6. The monoisotopic (exact) mass is 510 g/mol. The third-order valence-corrected chi connectivity index (χ3v) is 8.16. The summed E-state index contributed by atoms with van der Waals surface area (Å²) in [6.07, 6.45) is 16.1. The molecule has 2 bridgehead atoms. The van der Waals surface area contributed by atoms with Crippen molar-refractivity contribution in [3.05, 3.63) is 84.0 Å². The highest BCUT2D eigenvalue weighted by molar-refractivity contribution is 5.59. The van der Waals surface area contributed by atoms with E-state index in [1.54, 1.807) is 4.68 Å². The molecule has 38 heavy (non-hydrogen) atoms. The first kappa shape index (κ1) is 22.1. The van der Waals surface area contributed by atoms with Crippen molar-refractivity contribution >= 4 is 5.65 Å². The summed E-state index contributed by atoms with van der Waals surface area (Å²) < 4.78 is 25.2. The van der Waals surface area contributed by atoms with Gasteiger partial charge in [0, 0.05) is 60.8 Å². The van der Waals surface area contributed by atoms with Gasteiger partial charge in [0.15, 0.2) is 0 Å². The van der Waals surface area contributed by atoms with E-state index < -0.39 is 5.67 Å². The molecule has 0 spiro atoms. The average Bonchev–Trinajstić information content (AvgIpc) is 3.66. The van der Waals surface area contributed by atoms with Gasteiger partial charge in [0.1, 0.15) is 17.0 Å². The van der Waals surface area contributed by atoms with Crippen LogP contribution in [0.3, 0.4) is 0 Å².